The number of benzene rings is 2. The van der Waals surface area contributed by atoms with Gasteiger partial charge in [-0.3, -0.25) is 4.79 Å². The van der Waals surface area contributed by atoms with Gasteiger partial charge in [-0.2, -0.15) is 10.2 Å². The van der Waals surface area contributed by atoms with Gasteiger partial charge >= 0.3 is 0 Å². The first-order valence-corrected chi connectivity index (χ1v) is 10.0. The van der Waals surface area contributed by atoms with Gasteiger partial charge in [-0.1, -0.05) is 48.2 Å². The maximum absolute atomic E-state index is 12.5. The average Bonchev–Trinajstić information content (AvgIpc) is 3.41. The summed E-state index contributed by atoms with van der Waals surface area (Å²) in [5, 5.41) is 9.76. The Bertz CT molecular complexity index is 1320. The maximum atomic E-state index is 12.5. The first kappa shape index (κ1) is 17.4. The van der Waals surface area contributed by atoms with E-state index in [1.807, 2.05) is 77.7 Å². The zero-order chi connectivity index (χ0) is 19.6. The number of nitrogens with one attached hydrogen (secondary N) is 1. The fourth-order valence-corrected chi connectivity index (χ4v) is 3.80. The summed E-state index contributed by atoms with van der Waals surface area (Å²) in [6.07, 6.45) is 5.35. The molecule has 1 N–H and O–H groups in total. The SMILES string of the molecule is O=c1[nH]c(SCc2cnn(-c3ccccc3)c2)nc2c1cnn2-c1ccccc1. The molecule has 0 atom stereocenters. The average molecular weight is 400 g/mol. The van der Waals surface area contributed by atoms with Crippen molar-refractivity contribution in [3.05, 3.63) is 95.2 Å². The molecule has 5 aromatic rings. The molecule has 29 heavy (non-hydrogen) atoms. The van der Waals surface area contributed by atoms with E-state index in [0.717, 1.165) is 16.9 Å². The van der Waals surface area contributed by atoms with Gasteiger partial charge in [0, 0.05) is 17.5 Å². The van der Waals surface area contributed by atoms with Crippen molar-refractivity contribution >= 4 is 22.8 Å². The molecule has 0 unspecified atom stereocenters. The van der Waals surface area contributed by atoms with Crippen molar-refractivity contribution in [1.29, 1.82) is 0 Å². The molecule has 0 aliphatic carbocycles. The van der Waals surface area contributed by atoms with Crippen LogP contribution in [0.15, 0.2) is 89.2 Å². The van der Waals surface area contributed by atoms with Gasteiger partial charge < -0.3 is 4.98 Å². The Balaban J connectivity index is 1.41. The molecule has 0 amide bonds. The summed E-state index contributed by atoms with van der Waals surface area (Å²) >= 11 is 1.46. The molecule has 3 heterocycles. The highest BCUT2D eigenvalue weighted by molar-refractivity contribution is 7.98. The summed E-state index contributed by atoms with van der Waals surface area (Å²) in [6, 6.07) is 19.6. The Labute approximate surface area is 170 Å². The lowest BCUT2D eigenvalue weighted by atomic mass is 10.3. The van der Waals surface area contributed by atoms with Gasteiger partial charge in [-0.15, -0.1) is 0 Å². The smallest absolute Gasteiger partial charge is 0.262 e. The molecule has 0 saturated carbocycles. The van der Waals surface area contributed by atoms with Crippen molar-refractivity contribution in [2.45, 2.75) is 10.9 Å². The number of rotatable bonds is 5. The monoisotopic (exact) mass is 400 g/mol. The number of para-hydroxylation sites is 2. The second-order valence-corrected chi connectivity index (χ2v) is 7.38. The Morgan fingerprint density at radius 2 is 1.62 bits per heavy atom. The van der Waals surface area contributed by atoms with Crippen LogP contribution >= 0.6 is 11.8 Å². The molecule has 7 nitrogen and oxygen atoms in total. The fraction of sp³-hybridized carbons (Fsp3) is 0.0476. The minimum Gasteiger partial charge on any atom is -0.301 e. The molecule has 3 aromatic heterocycles. The summed E-state index contributed by atoms with van der Waals surface area (Å²) in [5.41, 5.74) is 3.25. The van der Waals surface area contributed by atoms with E-state index in [1.54, 1.807) is 10.9 Å². The van der Waals surface area contributed by atoms with E-state index in [4.69, 9.17) is 0 Å². The van der Waals surface area contributed by atoms with E-state index in [-0.39, 0.29) is 5.56 Å². The summed E-state index contributed by atoms with van der Waals surface area (Å²) in [7, 11) is 0. The zero-order valence-corrected chi connectivity index (χ0v) is 16.1. The Hall–Kier alpha value is -3.65. The third kappa shape index (κ3) is 3.45. The topological polar surface area (TPSA) is 81.4 Å². The molecule has 0 aliphatic rings. The largest absolute Gasteiger partial charge is 0.301 e. The Kier molecular flexibility index (Phi) is 4.45. The highest BCUT2D eigenvalue weighted by atomic mass is 32.2. The van der Waals surface area contributed by atoms with E-state index < -0.39 is 0 Å². The van der Waals surface area contributed by atoms with Crippen molar-refractivity contribution < 1.29 is 0 Å². The van der Waals surface area contributed by atoms with E-state index in [0.29, 0.717) is 21.9 Å². The molecular weight excluding hydrogens is 384 g/mol. The molecule has 142 valence electrons. The van der Waals surface area contributed by atoms with Crippen LogP contribution in [0.2, 0.25) is 0 Å². The second-order valence-electron chi connectivity index (χ2n) is 6.42. The highest BCUT2D eigenvalue weighted by Gasteiger charge is 2.12. The number of fused-ring (bicyclic) bond motifs is 1. The van der Waals surface area contributed by atoms with Gasteiger partial charge in [0.1, 0.15) is 5.39 Å². The molecule has 0 bridgehead atoms. The van der Waals surface area contributed by atoms with E-state index in [2.05, 4.69) is 20.2 Å². The fourth-order valence-electron chi connectivity index (χ4n) is 3.03. The summed E-state index contributed by atoms with van der Waals surface area (Å²) in [5.74, 6) is 0.640. The molecule has 5 rings (SSSR count). The highest BCUT2D eigenvalue weighted by Crippen LogP contribution is 2.21. The van der Waals surface area contributed by atoms with Gasteiger partial charge in [-0.25, -0.2) is 14.3 Å². The standard InChI is InChI=1S/C21H16N6OS/c28-20-18-12-23-27(17-9-5-2-6-10-17)19(18)24-21(25-20)29-14-15-11-22-26(13-15)16-7-3-1-4-8-16/h1-13H,14H2,(H,24,25,28). The zero-order valence-electron chi connectivity index (χ0n) is 15.3. The molecule has 0 radical (unpaired) electrons. The van der Waals surface area contributed by atoms with Crippen LogP contribution in [-0.4, -0.2) is 29.5 Å². The molecule has 0 saturated heterocycles. The molecule has 0 spiro atoms. The van der Waals surface area contributed by atoms with E-state index >= 15 is 0 Å². The minimum absolute atomic E-state index is 0.195. The van der Waals surface area contributed by atoms with Gasteiger partial charge in [0.15, 0.2) is 10.8 Å². The number of nitrogens with zero attached hydrogens (tertiary/aromatic N) is 5. The molecule has 8 heteroatoms. The summed E-state index contributed by atoms with van der Waals surface area (Å²) in [6.45, 7) is 0. The van der Waals surface area contributed by atoms with Gasteiger partial charge in [0.25, 0.3) is 5.56 Å². The van der Waals surface area contributed by atoms with Crippen molar-refractivity contribution in [2.24, 2.45) is 0 Å². The van der Waals surface area contributed by atoms with Crippen molar-refractivity contribution in [3.8, 4) is 11.4 Å². The van der Waals surface area contributed by atoms with Crippen LogP contribution in [0.3, 0.4) is 0 Å². The van der Waals surface area contributed by atoms with Crippen LogP contribution in [0.4, 0.5) is 0 Å². The third-order valence-electron chi connectivity index (χ3n) is 4.45. The molecular formula is C21H16N6OS. The number of aromatic amines is 1. The Morgan fingerprint density at radius 1 is 0.897 bits per heavy atom. The van der Waals surface area contributed by atoms with Gasteiger partial charge in [0.2, 0.25) is 0 Å². The lowest BCUT2D eigenvalue weighted by Crippen LogP contribution is -2.09. The predicted octanol–water partition coefficient (Wildman–Crippen LogP) is 3.59. The molecule has 0 aliphatic heterocycles. The number of hydrogen-bond donors (Lipinski definition) is 1. The first-order chi connectivity index (χ1) is 14.3. The van der Waals surface area contributed by atoms with E-state index in [1.165, 1.54) is 11.8 Å². The van der Waals surface area contributed by atoms with Crippen LogP contribution in [0, 0.1) is 0 Å². The van der Waals surface area contributed by atoms with Crippen molar-refractivity contribution in [1.82, 2.24) is 29.5 Å². The molecule has 2 aromatic carbocycles. The van der Waals surface area contributed by atoms with Gasteiger partial charge in [0.05, 0.1) is 23.8 Å². The predicted molar refractivity (Wildman–Crippen MR) is 113 cm³/mol. The van der Waals surface area contributed by atoms with Gasteiger partial charge in [-0.05, 0) is 24.3 Å². The second kappa shape index (κ2) is 7.40. The van der Waals surface area contributed by atoms with Crippen LogP contribution in [0.25, 0.3) is 22.4 Å². The lowest BCUT2D eigenvalue weighted by Gasteiger charge is -2.04. The van der Waals surface area contributed by atoms with E-state index in [9.17, 15) is 4.79 Å². The van der Waals surface area contributed by atoms with Crippen molar-refractivity contribution in [2.75, 3.05) is 0 Å². The maximum Gasteiger partial charge on any atom is 0.262 e. The van der Waals surface area contributed by atoms with Crippen LogP contribution in [0.1, 0.15) is 5.56 Å². The normalized spacial score (nSPS) is 11.2. The van der Waals surface area contributed by atoms with Crippen LogP contribution in [-0.2, 0) is 5.75 Å². The summed E-state index contributed by atoms with van der Waals surface area (Å²) < 4.78 is 3.52. The number of thioether (sulfide) groups is 1. The third-order valence-corrected chi connectivity index (χ3v) is 5.39. The number of aromatic nitrogens is 6. The van der Waals surface area contributed by atoms with Crippen molar-refractivity contribution in [3.63, 3.8) is 0 Å². The minimum atomic E-state index is -0.195. The van der Waals surface area contributed by atoms with Crippen LogP contribution in [0.5, 0.6) is 0 Å². The quantitative estimate of drug-likeness (QED) is 0.360. The Morgan fingerprint density at radius 3 is 2.38 bits per heavy atom. The van der Waals surface area contributed by atoms with Crippen LogP contribution < -0.4 is 5.56 Å². The first-order valence-electron chi connectivity index (χ1n) is 9.03. The summed E-state index contributed by atoms with van der Waals surface area (Å²) in [4.78, 5) is 19.9. The number of hydrogen-bond acceptors (Lipinski definition) is 5. The lowest BCUT2D eigenvalue weighted by molar-refractivity contribution is 0.873. The molecule has 0 fully saturated rings. The number of H-pyrrole nitrogens is 1.